The van der Waals surface area contributed by atoms with Crippen molar-refractivity contribution in [3.05, 3.63) is 360 Å². The highest BCUT2D eigenvalue weighted by Crippen LogP contribution is 2.29. The van der Waals surface area contributed by atoms with Crippen LogP contribution in [0.15, 0.2) is 279 Å². The Hall–Kier alpha value is -13.7. The molecule has 0 N–H and O–H groups in total. The summed E-state index contributed by atoms with van der Waals surface area (Å²) in [5.74, 6) is 15.9. The number of hydrogen-bond donors (Lipinski definition) is 0. The molecule has 0 bridgehead atoms. The van der Waals surface area contributed by atoms with Crippen LogP contribution in [0.5, 0.6) is 0 Å². The van der Waals surface area contributed by atoms with Gasteiger partial charge >= 0.3 is 0 Å². The smallest absolute Gasteiger partial charge is 0.247 e. The zero-order valence-electron chi connectivity index (χ0n) is 85.5. The number of pyridine rings is 2. The Morgan fingerprint density at radius 2 is 0.797 bits per heavy atom. The van der Waals surface area contributed by atoms with Crippen molar-refractivity contribution < 1.29 is 18.0 Å². The van der Waals surface area contributed by atoms with Gasteiger partial charge in [0.25, 0.3) is 0 Å². The van der Waals surface area contributed by atoms with Gasteiger partial charge in [0.2, 0.25) is 17.6 Å². The summed E-state index contributed by atoms with van der Waals surface area (Å²) in [5, 5.41) is 7.78. The number of Topliss-reactive ketones (excluding diaryl/α,β-unsaturated/α-hetero) is 1. The summed E-state index contributed by atoms with van der Waals surface area (Å²) < 4.78 is 33.0. The first-order valence-electron chi connectivity index (χ1n) is 47.0. The number of benzene rings is 5. The number of aromatic nitrogens is 16. The van der Waals surface area contributed by atoms with Crippen molar-refractivity contribution in [1.82, 2.24) is 80.0 Å². The second-order valence-corrected chi connectivity index (χ2v) is 36.3. The van der Waals surface area contributed by atoms with Crippen molar-refractivity contribution in [2.45, 2.75) is 263 Å². The lowest BCUT2D eigenvalue weighted by Gasteiger charge is -2.08. The number of nitrogens with zero attached hydrogens (tertiary/aromatic N) is 16. The van der Waals surface area contributed by atoms with E-state index in [-0.39, 0.29) is 44.1 Å². The van der Waals surface area contributed by atoms with Crippen molar-refractivity contribution >= 4 is 5.78 Å². The van der Waals surface area contributed by atoms with Gasteiger partial charge in [-0.15, -0.1) is 16.8 Å². The Balaban J connectivity index is 0.000000395. The van der Waals surface area contributed by atoms with Crippen molar-refractivity contribution in [3.8, 4) is 80.0 Å². The monoisotopic (exact) mass is 1860 g/mol. The van der Waals surface area contributed by atoms with E-state index >= 15 is 0 Å². The molecule has 0 aliphatic heterocycles. The number of carbonyl (C=O) groups is 1. The molecule has 5 aromatic carbocycles. The average molecular weight is 1860 g/mol. The summed E-state index contributed by atoms with van der Waals surface area (Å²) in [4.78, 5) is 68.5. The highest BCUT2D eigenvalue weighted by atomic mass is 19.1. The van der Waals surface area contributed by atoms with Crippen molar-refractivity contribution in [1.29, 1.82) is 0 Å². The van der Waals surface area contributed by atoms with E-state index in [1.165, 1.54) is 50.6 Å². The summed E-state index contributed by atoms with van der Waals surface area (Å²) in [5.41, 5.74) is 19.2. The third-order valence-electron chi connectivity index (χ3n) is 20.3. The van der Waals surface area contributed by atoms with E-state index in [1.807, 2.05) is 124 Å². The van der Waals surface area contributed by atoms with E-state index < -0.39 is 0 Å². The van der Waals surface area contributed by atoms with Gasteiger partial charge in [-0.25, -0.2) is 68.6 Å². The van der Waals surface area contributed by atoms with Crippen LogP contribution in [0.4, 0.5) is 8.78 Å². The van der Waals surface area contributed by atoms with E-state index in [9.17, 15) is 13.6 Å². The summed E-state index contributed by atoms with van der Waals surface area (Å²) in [6.07, 6.45) is 35.5. The number of aryl methyl sites for hydroxylation is 5. The minimum absolute atomic E-state index is 0. The maximum atomic E-state index is 13.9. The molecule has 0 radical (unpaired) electrons. The van der Waals surface area contributed by atoms with Gasteiger partial charge in [0.1, 0.15) is 29.1 Å². The lowest BCUT2D eigenvalue weighted by molar-refractivity contribution is -0.119. The summed E-state index contributed by atoms with van der Waals surface area (Å²) in [7, 11) is 0. The molecular formula is C118H152F2N16O2. The number of halogens is 2. The topological polar surface area (TPSA) is 236 Å². The Bertz CT molecular complexity index is 5760. The molecule has 0 saturated carbocycles. The van der Waals surface area contributed by atoms with Crippen LogP contribution < -0.4 is 0 Å². The lowest BCUT2D eigenvalue weighted by atomic mass is 10.0. The lowest BCUT2D eigenvalue weighted by Crippen LogP contribution is -1.98. The molecule has 15 rings (SSSR count). The van der Waals surface area contributed by atoms with Gasteiger partial charge in [0, 0.05) is 140 Å². The summed E-state index contributed by atoms with van der Waals surface area (Å²) >= 11 is 0. The molecule has 18 nitrogen and oxygen atoms in total. The van der Waals surface area contributed by atoms with Crippen LogP contribution >= 0.6 is 0 Å². The summed E-state index contributed by atoms with van der Waals surface area (Å²) in [6, 6.07) is 49.5. The molecule has 1 aliphatic rings. The van der Waals surface area contributed by atoms with Crippen LogP contribution in [0.25, 0.3) is 68.1 Å². The first-order valence-corrected chi connectivity index (χ1v) is 47.0. The fourth-order valence-corrected chi connectivity index (χ4v) is 11.7. The largest absolute Gasteiger partial charge is 0.421 e. The van der Waals surface area contributed by atoms with Gasteiger partial charge in [0.05, 0.1) is 22.5 Å². The molecule has 0 saturated heterocycles. The molecular weight excluding hydrogens is 1710 g/mol. The maximum absolute atomic E-state index is 13.9. The molecule has 9 heterocycles. The van der Waals surface area contributed by atoms with Gasteiger partial charge in [-0.1, -0.05) is 288 Å². The quantitative estimate of drug-likeness (QED) is 0.0608. The van der Waals surface area contributed by atoms with Gasteiger partial charge in [-0.2, -0.15) is 0 Å². The van der Waals surface area contributed by atoms with Crippen LogP contribution in [-0.4, -0.2) is 85.8 Å². The second-order valence-electron chi connectivity index (χ2n) is 36.3. The molecule has 730 valence electrons. The Labute approximate surface area is 825 Å². The molecule has 20 heteroatoms. The predicted molar refractivity (Wildman–Crippen MR) is 570 cm³/mol. The molecule has 0 spiro atoms. The molecule has 14 aromatic rings. The highest BCUT2D eigenvalue weighted by Gasteiger charge is 2.14. The van der Waals surface area contributed by atoms with Gasteiger partial charge in [-0.3, -0.25) is 14.8 Å². The van der Waals surface area contributed by atoms with E-state index in [4.69, 9.17) is 4.42 Å². The molecule has 138 heavy (non-hydrogen) atoms. The van der Waals surface area contributed by atoms with Gasteiger partial charge in [0.15, 0.2) is 17.5 Å². The zero-order chi connectivity index (χ0) is 100. The third kappa shape index (κ3) is 44.9. The van der Waals surface area contributed by atoms with Crippen molar-refractivity contribution in [2.75, 3.05) is 0 Å². The van der Waals surface area contributed by atoms with Crippen LogP contribution in [0, 0.1) is 81.8 Å². The molecule has 0 amide bonds. The van der Waals surface area contributed by atoms with Crippen molar-refractivity contribution in [3.63, 3.8) is 0 Å². The predicted octanol–water partition coefficient (Wildman–Crippen LogP) is 31.4. The fourth-order valence-electron chi connectivity index (χ4n) is 11.7. The van der Waals surface area contributed by atoms with Crippen LogP contribution in [-0.2, 0) is 4.79 Å². The SMILES string of the molecule is C.C.C=CCC(C)C.CC(=O)C(C)C.CC(C)C#Cc1ncccn1.CC(C)C1=CCC=C1.CC(C)c1ccc(-c2ncccn2)cc1F.CC(C)c1ncc(-c2ncccn2)cn1.Cc1ccc(-c2ccc(C(C)C)cc2)nc1.Cc1ccc(-c2ccc(C(C)C)cc2)nc1.Cc1cnc(-c2ccc(C(C)C)cc2F)nc1.Cc1cnc(C(C)C)nc1.Cc1nnc(-c2ccc(C(C)C)cc2)o1. The molecule has 0 fully saturated rings. The van der Waals surface area contributed by atoms with E-state index in [0.29, 0.717) is 93.5 Å². The van der Waals surface area contributed by atoms with E-state index in [0.717, 1.165) is 75.2 Å². The first kappa shape index (κ1) is 118. The van der Waals surface area contributed by atoms with E-state index in [2.05, 4.69) is 312 Å². The minimum Gasteiger partial charge on any atom is -0.421 e. The zero-order valence-corrected chi connectivity index (χ0v) is 85.5. The second kappa shape index (κ2) is 63.6. The normalized spacial score (nSPS) is 10.7. The van der Waals surface area contributed by atoms with Crippen LogP contribution in [0.2, 0.25) is 0 Å². The standard InChI is InChI=1S/2C15H17N.C14H15FN2.C13H13FN2.C12H14N2O.C11H12N4.C9H10N2.C8H12N2.C8H12.C6H12.C5H10O.2CH4/c2*1-11(2)13-5-7-14(8-6-13)15-9-4-12(3)10-16-15;1-9(2)11-4-5-12(13(15)6-11)14-16-7-10(3)8-17-14;1-9(2)11-5-4-10(8-12(11)14)13-15-6-3-7-16-13;1-8(2)10-4-6-11(7-5-10)12-14-13-9(3)15-12;1-8(2)10-14-6-9(7-15-10)11-12-4-3-5-13-11;1-8(2)4-5-9-10-6-3-7-11-9;1-6(2)8-9-4-7(3)5-10-8;1-7(2)8-5-3-4-6-8;1-4-5-6(2)3;1-4(2)5(3)6;;/h2*4-11H,1-3H3;4-9H,1-3H3;3-9H,1-2H3;4-8H,1-3H3;3-8H,1-2H3;3,6-8H,1-2H3;4-6H,1-3H3;3,5-7H,4H2,1-2H3;4,6H,1,5H2,2-3H3;4H,1-3H3;2*1H4. The maximum Gasteiger partial charge on any atom is 0.247 e. The van der Waals surface area contributed by atoms with Gasteiger partial charge < -0.3 is 4.42 Å². The molecule has 0 unspecified atom stereocenters. The number of carbonyl (C=O) groups excluding carboxylic acids is 1. The Morgan fingerprint density at radius 1 is 0.399 bits per heavy atom. The number of allylic oxidation sites excluding steroid dienone is 5. The highest BCUT2D eigenvalue weighted by molar-refractivity contribution is 5.77. The third-order valence-corrected chi connectivity index (χ3v) is 20.3. The molecule has 1 aliphatic carbocycles. The summed E-state index contributed by atoms with van der Waals surface area (Å²) in [6.45, 7) is 61.2. The Morgan fingerprint density at radius 3 is 1.12 bits per heavy atom. The van der Waals surface area contributed by atoms with Crippen LogP contribution in [0.1, 0.15) is 302 Å². The minimum atomic E-state index is -0.264. The Kier molecular flexibility index (Phi) is 54.6. The first-order chi connectivity index (χ1) is 64.7. The molecule has 9 aromatic heterocycles. The number of rotatable bonds is 17. The molecule has 0 atom stereocenters. The number of hydrogen-bond acceptors (Lipinski definition) is 18. The van der Waals surface area contributed by atoms with Crippen molar-refractivity contribution in [2.24, 2.45) is 23.7 Å². The average Bonchev–Trinajstić information content (AvgIpc) is 1.04. The van der Waals surface area contributed by atoms with Gasteiger partial charge in [-0.05, 0) is 211 Å². The number of ketones is 1. The van der Waals surface area contributed by atoms with E-state index in [1.54, 1.807) is 112 Å². The fraction of sp³-hybridized carbons (Fsp3) is 0.364. The van der Waals surface area contributed by atoms with Crippen LogP contribution in [0.3, 0.4) is 0 Å².